The summed E-state index contributed by atoms with van der Waals surface area (Å²) in [7, 11) is 0. The van der Waals surface area contributed by atoms with Crippen molar-refractivity contribution in [3.63, 3.8) is 0 Å². The van der Waals surface area contributed by atoms with E-state index < -0.39 is 0 Å². The summed E-state index contributed by atoms with van der Waals surface area (Å²) in [5.74, 6) is 0. The fourth-order valence-corrected chi connectivity index (χ4v) is 1.30. The Labute approximate surface area is 67.1 Å². The molecule has 1 fully saturated rings. The molecular formula is C8H14NO2. The van der Waals surface area contributed by atoms with Crippen molar-refractivity contribution in [2.24, 2.45) is 0 Å². The van der Waals surface area contributed by atoms with Crippen molar-refractivity contribution in [3.05, 3.63) is 6.92 Å². The van der Waals surface area contributed by atoms with Crippen LogP contribution in [0.1, 0.15) is 25.7 Å². The zero-order valence-electron chi connectivity index (χ0n) is 6.64. The van der Waals surface area contributed by atoms with E-state index in [1.54, 1.807) is 0 Å². The highest BCUT2D eigenvalue weighted by molar-refractivity contribution is 5.67. The molecule has 1 radical (unpaired) electrons. The van der Waals surface area contributed by atoms with E-state index in [0.717, 1.165) is 12.8 Å². The Morgan fingerprint density at radius 3 is 2.73 bits per heavy atom. The molecule has 11 heavy (non-hydrogen) atoms. The summed E-state index contributed by atoms with van der Waals surface area (Å²) in [5, 5.41) is 2.50. The average Bonchev–Trinajstić information content (AvgIpc) is 2.40. The Morgan fingerprint density at radius 2 is 2.18 bits per heavy atom. The number of rotatable bonds is 2. The lowest BCUT2D eigenvalue weighted by molar-refractivity contribution is 0.102. The summed E-state index contributed by atoms with van der Waals surface area (Å²) in [6, 6.07) is 0. The van der Waals surface area contributed by atoms with Crippen molar-refractivity contribution in [3.8, 4) is 0 Å². The first-order valence-electron chi connectivity index (χ1n) is 4.06. The van der Waals surface area contributed by atoms with Crippen LogP contribution in [0.5, 0.6) is 0 Å². The fraction of sp³-hybridized carbons (Fsp3) is 0.750. The molecule has 3 nitrogen and oxygen atoms in total. The zero-order valence-corrected chi connectivity index (χ0v) is 6.64. The molecule has 63 valence electrons. The summed E-state index contributed by atoms with van der Waals surface area (Å²) in [6.07, 6.45) is 4.23. The van der Waals surface area contributed by atoms with Crippen molar-refractivity contribution in [1.29, 1.82) is 0 Å². The zero-order chi connectivity index (χ0) is 8.10. The standard InChI is InChI=1S/C8H14NO2/c1-2-9-8(10)11-7-5-3-4-6-7/h7H,1-6H2,(H,9,10). The monoisotopic (exact) mass is 156 g/mol. The van der Waals surface area contributed by atoms with Crippen LogP contribution in [0, 0.1) is 6.92 Å². The van der Waals surface area contributed by atoms with Crippen LogP contribution in [0.3, 0.4) is 0 Å². The van der Waals surface area contributed by atoms with E-state index in [1.807, 2.05) is 0 Å². The molecule has 0 saturated heterocycles. The van der Waals surface area contributed by atoms with Crippen LogP contribution in [0.2, 0.25) is 0 Å². The van der Waals surface area contributed by atoms with Gasteiger partial charge in [-0.05, 0) is 32.6 Å². The summed E-state index contributed by atoms with van der Waals surface area (Å²) >= 11 is 0. The SMILES string of the molecule is [CH2]CNC(=O)OC1CCCC1. The van der Waals surface area contributed by atoms with Gasteiger partial charge in [-0.1, -0.05) is 0 Å². The van der Waals surface area contributed by atoms with E-state index in [1.165, 1.54) is 12.8 Å². The highest BCUT2D eigenvalue weighted by atomic mass is 16.6. The second kappa shape index (κ2) is 4.21. The van der Waals surface area contributed by atoms with Gasteiger partial charge in [0.2, 0.25) is 0 Å². The first-order chi connectivity index (χ1) is 5.33. The minimum Gasteiger partial charge on any atom is -0.446 e. The normalized spacial score (nSPS) is 18.3. The fourth-order valence-electron chi connectivity index (χ4n) is 1.30. The molecule has 0 aromatic heterocycles. The van der Waals surface area contributed by atoms with Gasteiger partial charge in [0.1, 0.15) is 6.10 Å². The first-order valence-corrected chi connectivity index (χ1v) is 4.06. The van der Waals surface area contributed by atoms with E-state index in [-0.39, 0.29) is 12.2 Å². The van der Waals surface area contributed by atoms with Crippen molar-refractivity contribution in [2.45, 2.75) is 31.8 Å². The van der Waals surface area contributed by atoms with Gasteiger partial charge in [0.15, 0.2) is 0 Å². The van der Waals surface area contributed by atoms with Gasteiger partial charge in [-0.25, -0.2) is 4.79 Å². The number of hydrogen-bond acceptors (Lipinski definition) is 2. The molecule has 0 bridgehead atoms. The van der Waals surface area contributed by atoms with Gasteiger partial charge in [0, 0.05) is 6.54 Å². The van der Waals surface area contributed by atoms with Crippen molar-refractivity contribution in [2.75, 3.05) is 6.54 Å². The van der Waals surface area contributed by atoms with E-state index in [4.69, 9.17) is 4.74 Å². The smallest absolute Gasteiger partial charge is 0.407 e. The van der Waals surface area contributed by atoms with Gasteiger partial charge in [-0.2, -0.15) is 0 Å². The molecule has 1 N–H and O–H groups in total. The maximum absolute atomic E-state index is 10.8. The predicted molar refractivity (Wildman–Crippen MR) is 42.1 cm³/mol. The number of hydrogen-bond donors (Lipinski definition) is 1. The molecule has 1 amide bonds. The van der Waals surface area contributed by atoms with Gasteiger partial charge in [-0.15, -0.1) is 0 Å². The van der Waals surface area contributed by atoms with Gasteiger partial charge in [0.05, 0.1) is 0 Å². The molecule has 0 aliphatic heterocycles. The van der Waals surface area contributed by atoms with Crippen LogP contribution in [-0.2, 0) is 4.74 Å². The number of nitrogens with one attached hydrogen (secondary N) is 1. The minimum absolute atomic E-state index is 0.154. The number of carbonyl (C=O) groups excluding carboxylic acids is 1. The molecular weight excluding hydrogens is 142 g/mol. The first kappa shape index (κ1) is 8.37. The van der Waals surface area contributed by atoms with Crippen LogP contribution in [0.25, 0.3) is 0 Å². The molecule has 1 saturated carbocycles. The molecule has 1 aliphatic carbocycles. The van der Waals surface area contributed by atoms with Gasteiger partial charge >= 0.3 is 6.09 Å². The third-order valence-electron chi connectivity index (χ3n) is 1.85. The lowest BCUT2D eigenvalue weighted by Gasteiger charge is -2.10. The second-order valence-corrected chi connectivity index (χ2v) is 2.74. The van der Waals surface area contributed by atoms with Crippen molar-refractivity contribution < 1.29 is 9.53 Å². The number of amides is 1. The van der Waals surface area contributed by atoms with Gasteiger partial charge in [0.25, 0.3) is 0 Å². The topological polar surface area (TPSA) is 38.3 Å². The Bertz CT molecular complexity index is 130. The highest BCUT2D eigenvalue weighted by Gasteiger charge is 2.18. The Kier molecular flexibility index (Phi) is 3.20. The van der Waals surface area contributed by atoms with Gasteiger partial charge in [-0.3, -0.25) is 0 Å². The van der Waals surface area contributed by atoms with Crippen LogP contribution in [-0.4, -0.2) is 18.7 Å². The van der Waals surface area contributed by atoms with E-state index >= 15 is 0 Å². The van der Waals surface area contributed by atoms with E-state index in [0.29, 0.717) is 6.54 Å². The number of carbonyl (C=O) groups is 1. The Morgan fingerprint density at radius 1 is 1.55 bits per heavy atom. The average molecular weight is 156 g/mol. The third-order valence-corrected chi connectivity index (χ3v) is 1.85. The molecule has 0 spiro atoms. The molecule has 1 rings (SSSR count). The summed E-state index contributed by atoms with van der Waals surface area (Å²) < 4.78 is 5.06. The maximum Gasteiger partial charge on any atom is 0.407 e. The molecule has 0 aromatic rings. The summed E-state index contributed by atoms with van der Waals surface area (Å²) in [4.78, 5) is 10.8. The van der Waals surface area contributed by atoms with Crippen LogP contribution in [0.15, 0.2) is 0 Å². The molecule has 0 atom stereocenters. The molecule has 3 heteroatoms. The van der Waals surface area contributed by atoms with Crippen molar-refractivity contribution >= 4 is 6.09 Å². The minimum atomic E-state index is -0.327. The maximum atomic E-state index is 10.8. The van der Waals surface area contributed by atoms with Gasteiger partial charge < -0.3 is 10.1 Å². The third kappa shape index (κ3) is 2.78. The van der Waals surface area contributed by atoms with Crippen molar-refractivity contribution in [1.82, 2.24) is 5.32 Å². The van der Waals surface area contributed by atoms with Crippen LogP contribution >= 0.6 is 0 Å². The molecule has 0 unspecified atom stereocenters. The lowest BCUT2D eigenvalue weighted by atomic mass is 10.3. The largest absolute Gasteiger partial charge is 0.446 e. The summed E-state index contributed by atoms with van der Waals surface area (Å²) in [5.41, 5.74) is 0. The van der Waals surface area contributed by atoms with Crippen LogP contribution < -0.4 is 5.32 Å². The molecule has 1 aliphatic rings. The Balaban J connectivity index is 2.13. The summed E-state index contributed by atoms with van der Waals surface area (Å²) in [6.45, 7) is 3.88. The second-order valence-electron chi connectivity index (χ2n) is 2.74. The van der Waals surface area contributed by atoms with E-state index in [9.17, 15) is 4.79 Å². The molecule has 0 heterocycles. The lowest BCUT2D eigenvalue weighted by Crippen LogP contribution is -2.27. The Hall–Kier alpha value is -0.730. The quantitative estimate of drug-likeness (QED) is 0.657. The number of alkyl carbamates (subject to hydrolysis) is 1. The number of ether oxygens (including phenoxy) is 1. The molecule has 0 aromatic carbocycles. The predicted octanol–water partition coefficient (Wildman–Crippen LogP) is 1.49. The van der Waals surface area contributed by atoms with Crippen LogP contribution in [0.4, 0.5) is 4.79 Å². The van der Waals surface area contributed by atoms with E-state index in [2.05, 4.69) is 12.2 Å². The highest BCUT2D eigenvalue weighted by Crippen LogP contribution is 2.20.